The Kier molecular flexibility index (Phi) is 4.24. The van der Waals surface area contributed by atoms with Crippen LogP contribution >= 0.6 is 0 Å². The van der Waals surface area contributed by atoms with Crippen LogP contribution in [-0.2, 0) is 35.7 Å². The second-order valence-electron chi connectivity index (χ2n) is 7.51. The fraction of sp³-hybridized carbons (Fsp3) is 0.611. The molecule has 6 nitrogen and oxygen atoms in total. The number of urea groups is 1. The van der Waals surface area contributed by atoms with Crippen molar-refractivity contribution in [3.63, 3.8) is 0 Å². The maximum absolute atomic E-state index is 12.5. The molecule has 1 aliphatic heterocycles. The van der Waals surface area contributed by atoms with Gasteiger partial charge in [-0.15, -0.1) is 0 Å². The average Bonchev–Trinajstić information content (AvgIpc) is 3.25. The SMILES string of the molecule is CN1CCC(S(=O)(=O)NC(=O)Nc2c3c(cc4c2CCC4)CCC3)C1. The number of hydrogen-bond donors (Lipinski definition) is 2. The Hall–Kier alpha value is -1.60. The third-order valence-corrected chi connectivity index (χ3v) is 7.47. The zero-order valence-electron chi connectivity index (χ0n) is 14.6. The Balaban J connectivity index is 1.54. The third-order valence-electron chi connectivity index (χ3n) is 5.73. The fourth-order valence-electron chi connectivity index (χ4n) is 4.47. The van der Waals surface area contributed by atoms with Gasteiger partial charge in [0.15, 0.2) is 0 Å². The van der Waals surface area contributed by atoms with Gasteiger partial charge >= 0.3 is 6.03 Å². The van der Waals surface area contributed by atoms with E-state index in [1.165, 1.54) is 22.3 Å². The highest BCUT2D eigenvalue weighted by Gasteiger charge is 2.33. The Morgan fingerprint density at radius 3 is 2.32 bits per heavy atom. The molecular weight excluding hydrogens is 338 g/mol. The number of nitrogens with one attached hydrogen (secondary N) is 2. The predicted octanol–water partition coefficient (Wildman–Crippen LogP) is 1.82. The zero-order valence-corrected chi connectivity index (χ0v) is 15.4. The van der Waals surface area contributed by atoms with E-state index in [1.54, 1.807) is 0 Å². The van der Waals surface area contributed by atoms with E-state index in [0.717, 1.165) is 50.8 Å². The first kappa shape index (κ1) is 16.8. The van der Waals surface area contributed by atoms with Gasteiger partial charge in [0.1, 0.15) is 0 Å². The van der Waals surface area contributed by atoms with Gasteiger partial charge < -0.3 is 10.2 Å². The van der Waals surface area contributed by atoms with Crippen LogP contribution in [0.15, 0.2) is 6.07 Å². The number of carbonyl (C=O) groups excluding carboxylic acids is 1. The molecule has 1 aromatic rings. The summed E-state index contributed by atoms with van der Waals surface area (Å²) in [4.78, 5) is 14.4. The smallest absolute Gasteiger partial charge is 0.307 e. The number of benzene rings is 1. The maximum atomic E-state index is 12.5. The third kappa shape index (κ3) is 3.15. The lowest BCUT2D eigenvalue weighted by molar-refractivity contribution is 0.256. The molecule has 0 bridgehead atoms. The molecule has 3 aliphatic rings. The lowest BCUT2D eigenvalue weighted by Gasteiger charge is -2.18. The number of fused-ring (bicyclic) bond motifs is 2. The van der Waals surface area contributed by atoms with Gasteiger partial charge in [0.2, 0.25) is 10.0 Å². The van der Waals surface area contributed by atoms with E-state index in [0.29, 0.717) is 13.0 Å². The number of anilines is 1. The summed E-state index contributed by atoms with van der Waals surface area (Å²) in [6, 6.07) is 1.67. The van der Waals surface area contributed by atoms with E-state index in [9.17, 15) is 13.2 Å². The number of hydrogen-bond acceptors (Lipinski definition) is 4. The molecule has 2 amide bonds. The molecule has 0 aromatic heterocycles. The van der Waals surface area contributed by atoms with Crippen molar-refractivity contribution in [2.45, 2.75) is 50.2 Å². The number of likely N-dealkylation sites (tertiary alicyclic amines) is 1. The van der Waals surface area contributed by atoms with E-state index in [-0.39, 0.29) is 0 Å². The minimum absolute atomic E-state index is 0.471. The molecule has 7 heteroatoms. The highest BCUT2D eigenvalue weighted by molar-refractivity contribution is 7.90. The minimum Gasteiger partial charge on any atom is -0.307 e. The van der Waals surface area contributed by atoms with Crippen LogP contribution in [0.3, 0.4) is 0 Å². The number of carbonyl (C=O) groups is 1. The fourth-order valence-corrected chi connectivity index (χ4v) is 5.81. The summed E-state index contributed by atoms with van der Waals surface area (Å²) >= 11 is 0. The number of aryl methyl sites for hydroxylation is 2. The largest absolute Gasteiger partial charge is 0.332 e. The molecule has 136 valence electrons. The number of nitrogens with zero attached hydrogens (tertiary/aromatic N) is 1. The molecule has 1 heterocycles. The molecule has 2 N–H and O–H groups in total. The second kappa shape index (κ2) is 6.29. The molecule has 4 rings (SSSR count). The maximum Gasteiger partial charge on any atom is 0.332 e. The van der Waals surface area contributed by atoms with Crippen molar-refractivity contribution in [3.05, 3.63) is 28.3 Å². The Bertz CT molecular complexity index is 787. The monoisotopic (exact) mass is 363 g/mol. The van der Waals surface area contributed by atoms with Gasteiger partial charge in [0.05, 0.1) is 5.25 Å². The molecule has 0 spiro atoms. The Labute approximate surface area is 149 Å². The van der Waals surface area contributed by atoms with Gasteiger partial charge in [-0.2, -0.15) is 0 Å². The summed E-state index contributed by atoms with van der Waals surface area (Å²) in [5.41, 5.74) is 5.91. The molecule has 2 aliphatic carbocycles. The van der Waals surface area contributed by atoms with E-state index >= 15 is 0 Å². The summed E-state index contributed by atoms with van der Waals surface area (Å²) in [5.74, 6) is 0. The highest BCUT2D eigenvalue weighted by Crippen LogP contribution is 2.38. The topological polar surface area (TPSA) is 78.5 Å². The summed E-state index contributed by atoms with van der Waals surface area (Å²) < 4.78 is 27.1. The van der Waals surface area contributed by atoms with Gasteiger partial charge in [0.25, 0.3) is 0 Å². The summed E-state index contributed by atoms with van der Waals surface area (Å²) in [7, 11) is -1.75. The van der Waals surface area contributed by atoms with Crippen LogP contribution < -0.4 is 10.0 Å². The van der Waals surface area contributed by atoms with Gasteiger partial charge in [-0.1, -0.05) is 6.07 Å². The van der Waals surface area contributed by atoms with Crippen LogP contribution in [0.25, 0.3) is 0 Å². The molecule has 1 atom stereocenters. The first-order valence-electron chi connectivity index (χ1n) is 9.12. The summed E-state index contributed by atoms with van der Waals surface area (Å²) in [5, 5.41) is 2.37. The minimum atomic E-state index is -3.64. The van der Waals surface area contributed by atoms with Crippen molar-refractivity contribution in [2.75, 3.05) is 25.5 Å². The Morgan fingerprint density at radius 2 is 1.76 bits per heavy atom. The van der Waals surface area contributed by atoms with Crippen molar-refractivity contribution < 1.29 is 13.2 Å². The van der Waals surface area contributed by atoms with Gasteiger partial charge in [-0.25, -0.2) is 17.9 Å². The summed E-state index contributed by atoms with van der Waals surface area (Å²) in [6.45, 7) is 1.21. The Morgan fingerprint density at radius 1 is 1.12 bits per heavy atom. The molecule has 0 radical (unpaired) electrons. The van der Waals surface area contributed by atoms with Gasteiger partial charge in [-0.3, -0.25) is 0 Å². The zero-order chi connectivity index (χ0) is 17.6. The highest BCUT2D eigenvalue weighted by atomic mass is 32.2. The van der Waals surface area contributed by atoms with Crippen LogP contribution in [0.1, 0.15) is 41.5 Å². The van der Waals surface area contributed by atoms with Crippen molar-refractivity contribution in [1.82, 2.24) is 9.62 Å². The van der Waals surface area contributed by atoms with Gasteiger partial charge in [-0.05, 0) is 80.8 Å². The second-order valence-corrected chi connectivity index (χ2v) is 9.47. The summed E-state index contributed by atoms with van der Waals surface area (Å²) in [6.07, 6.45) is 6.77. The van der Waals surface area contributed by atoms with Crippen molar-refractivity contribution in [3.8, 4) is 0 Å². The standard InChI is InChI=1S/C18H25N3O3S/c1-21-9-8-14(11-21)25(23,24)20-18(22)19-17-15-6-2-4-12(15)10-13-5-3-7-16(13)17/h10,14H,2-9,11H2,1H3,(H2,19,20,22). The molecule has 0 saturated carbocycles. The first-order chi connectivity index (χ1) is 11.9. The van der Waals surface area contributed by atoms with Gasteiger partial charge in [0, 0.05) is 12.2 Å². The number of amides is 2. The molecule has 1 unspecified atom stereocenters. The van der Waals surface area contributed by atoms with Crippen LogP contribution in [0, 0.1) is 0 Å². The van der Waals surface area contributed by atoms with E-state index < -0.39 is 21.3 Å². The van der Waals surface area contributed by atoms with Crippen molar-refractivity contribution in [2.24, 2.45) is 0 Å². The quantitative estimate of drug-likeness (QED) is 0.859. The first-order valence-corrected chi connectivity index (χ1v) is 10.7. The molecular formula is C18H25N3O3S. The van der Waals surface area contributed by atoms with Crippen LogP contribution in [-0.4, -0.2) is 44.7 Å². The normalized spacial score (nSPS) is 22.7. The van der Waals surface area contributed by atoms with E-state index in [2.05, 4.69) is 16.1 Å². The number of sulfonamides is 1. The lowest BCUT2D eigenvalue weighted by Crippen LogP contribution is -2.41. The average molecular weight is 363 g/mol. The van der Waals surface area contributed by atoms with E-state index in [1.807, 2.05) is 11.9 Å². The van der Waals surface area contributed by atoms with Crippen molar-refractivity contribution in [1.29, 1.82) is 0 Å². The molecule has 1 fully saturated rings. The van der Waals surface area contributed by atoms with Crippen LogP contribution in [0.4, 0.5) is 10.5 Å². The predicted molar refractivity (Wildman–Crippen MR) is 97.5 cm³/mol. The van der Waals surface area contributed by atoms with Crippen molar-refractivity contribution >= 4 is 21.7 Å². The lowest BCUT2D eigenvalue weighted by atomic mass is 9.99. The molecule has 1 aromatic carbocycles. The number of rotatable bonds is 3. The van der Waals surface area contributed by atoms with Crippen LogP contribution in [0.5, 0.6) is 0 Å². The molecule has 25 heavy (non-hydrogen) atoms. The van der Waals surface area contributed by atoms with Crippen LogP contribution in [0.2, 0.25) is 0 Å². The van der Waals surface area contributed by atoms with E-state index in [4.69, 9.17) is 0 Å². The molecule has 1 saturated heterocycles.